The van der Waals surface area contributed by atoms with E-state index in [1.54, 1.807) is 37.1 Å². The zero-order valence-corrected chi connectivity index (χ0v) is 42.7. The number of amides is 4. The number of rotatable bonds is 11. The van der Waals surface area contributed by atoms with Gasteiger partial charge in [-0.1, -0.05) is 44.9 Å². The van der Waals surface area contributed by atoms with E-state index in [9.17, 15) is 22.8 Å². The third-order valence-electron chi connectivity index (χ3n) is 14.6. The van der Waals surface area contributed by atoms with E-state index in [0.29, 0.717) is 84.5 Å². The van der Waals surface area contributed by atoms with Gasteiger partial charge in [-0.3, -0.25) is 23.9 Å². The van der Waals surface area contributed by atoms with Gasteiger partial charge in [0.25, 0.3) is 11.8 Å². The van der Waals surface area contributed by atoms with Gasteiger partial charge >= 0.3 is 0 Å². The van der Waals surface area contributed by atoms with Crippen LogP contribution >= 0.6 is 11.3 Å². The van der Waals surface area contributed by atoms with Gasteiger partial charge in [0.1, 0.15) is 45.9 Å². The Kier molecular flexibility index (Phi) is 13.8. The molecule has 2 saturated carbocycles. The number of hydrogen-bond acceptors (Lipinski definition) is 13. The Hall–Kier alpha value is -5.59. The number of pyridine rings is 1. The van der Waals surface area contributed by atoms with Crippen molar-refractivity contribution in [2.45, 2.75) is 146 Å². The summed E-state index contributed by atoms with van der Waals surface area (Å²) in [5, 5.41) is 9.92. The lowest BCUT2D eigenvalue weighted by molar-refractivity contribution is -0.140. The first-order valence-electron chi connectivity index (χ1n) is 24.7. The minimum Gasteiger partial charge on any atom is -0.496 e. The number of fused-ring (bicyclic) bond motifs is 3. The lowest BCUT2D eigenvalue weighted by atomic mass is 10.0. The van der Waals surface area contributed by atoms with Crippen molar-refractivity contribution in [1.82, 2.24) is 29.8 Å². The first kappa shape index (κ1) is 49.4. The summed E-state index contributed by atoms with van der Waals surface area (Å²) in [6.07, 6.45) is 7.61. The number of methoxy groups -OCH3 is 1. The fourth-order valence-corrected chi connectivity index (χ4v) is 12.3. The molecule has 7 atom stereocenters. The Bertz CT molecular complexity index is 2820. The van der Waals surface area contributed by atoms with Crippen LogP contribution in [0.4, 0.5) is 5.69 Å². The summed E-state index contributed by atoms with van der Waals surface area (Å²) in [7, 11) is -2.41. The van der Waals surface area contributed by atoms with Crippen molar-refractivity contribution in [2.24, 2.45) is 5.92 Å². The van der Waals surface area contributed by atoms with Crippen molar-refractivity contribution in [3.05, 3.63) is 76.8 Å². The van der Waals surface area contributed by atoms with Crippen molar-refractivity contribution >= 4 is 61.6 Å². The molecule has 5 heterocycles. The minimum absolute atomic E-state index is 0.0271. The van der Waals surface area contributed by atoms with Crippen LogP contribution in [0.5, 0.6) is 11.5 Å². The van der Waals surface area contributed by atoms with Crippen LogP contribution in [-0.4, -0.2) is 119 Å². The molecule has 4 amide bonds. The number of benzene rings is 2. The van der Waals surface area contributed by atoms with Gasteiger partial charge in [-0.05, 0) is 102 Å². The topological polar surface area (TPSA) is 198 Å². The molecule has 0 bridgehead atoms. The predicted molar refractivity (Wildman–Crippen MR) is 268 cm³/mol. The summed E-state index contributed by atoms with van der Waals surface area (Å²) in [6.45, 7) is 12.6. The molecular weight excluding hydrogens is 931 g/mol. The molecule has 2 aromatic carbocycles. The molecule has 3 N–H and O–H groups in total. The largest absolute Gasteiger partial charge is 0.496 e. The molecule has 3 aliphatic heterocycles. The molecule has 0 spiro atoms. The molecule has 16 nitrogen and oxygen atoms in total. The van der Waals surface area contributed by atoms with E-state index in [0.717, 1.165) is 29.1 Å². The molecular formula is C52H65N7O9S2. The highest BCUT2D eigenvalue weighted by molar-refractivity contribution is 7.91. The number of nitrogens with one attached hydrogen (secondary N) is 3. The van der Waals surface area contributed by atoms with Gasteiger partial charge in [-0.2, -0.15) is 0 Å². The molecule has 5 aliphatic rings. The number of nitrogens with zero attached hydrogens (tertiary/aromatic N) is 4. The molecule has 2 aromatic heterocycles. The first-order chi connectivity index (χ1) is 33.4. The Labute approximate surface area is 414 Å². The van der Waals surface area contributed by atoms with Gasteiger partial charge in [0.2, 0.25) is 21.8 Å². The molecule has 0 radical (unpaired) electrons. The van der Waals surface area contributed by atoms with Crippen LogP contribution in [0.15, 0.2) is 60.0 Å². The number of carbonyl (C=O) groups is 4. The van der Waals surface area contributed by atoms with Gasteiger partial charge in [0, 0.05) is 59.1 Å². The molecule has 2 saturated heterocycles. The smallest absolute Gasteiger partial charge is 0.259 e. The van der Waals surface area contributed by atoms with Crippen molar-refractivity contribution in [3.63, 3.8) is 0 Å². The maximum absolute atomic E-state index is 15.3. The van der Waals surface area contributed by atoms with Gasteiger partial charge in [0.15, 0.2) is 0 Å². The lowest BCUT2D eigenvalue weighted by Gasteiger charge is -2.35. The van der Waals surface area contributed by atoms with Crippen molar-refractivity contribution in [2.75, 3.05) is 32.1 Å². The monoisotopic (exact) mass is 995 g/mol. The number of sulfonamides is 1. The zero-order chi connectivity index (χ0) is 49.7. The SMILES string of the molecule is COc1ccc2c(O[C@@H]3C[C@H]4C(=O)N[C@]5(C(=O)NS(=O)(=O)C6(C)CC6)C[C@H]5/C=C\CCCCC[C@H](Nc5cccc(C(=O)N6C[C@@H](C)O[C@@H](C)C6)c5)C(=O)N4C3)cc(-c3nc(C(C)C)cs3)nc2c1C. The number of anilines is 1. The fourth-order valence-electron chi connectivity index (χ4n) is 10.1. The second kappa shape index (κ2) is 19.5. The third-order valence-corrected chi connectivity index (χ3v) is 17.7. The van der Waals surface area contributed by atoms with Crippen LogP contribution < -0.4 is 24.8 Å². The van der Waals surface area contributed by atoms with E-state index in [-0.39, 0.29) is 49.3 Å². The summed E-state index contributed by atoms with van der Waals surface area (Å²) < 4.78 is 46.6. The van der Waals surface area contributed by atoms with Crippen molar-refractivity contribution in [3.8, 4) is 22.2 Å². The molecule has 70 heavy (non-hydrogen) atoms. The number of morpholine rings is 1. The molecule has 18 heteroatoms. The van der Waals surface area contributed by atoms with E-state index in [4.69, 9.17) is 24.2 Å². The van der Waals surface area contributed by atoms with Crippen LogP contribution in [0, 0.1) is 12.8 Å². The second-order valence-electron chi connectivity index (χ2n) is 20.5. The number of hydrogen-bond donors (Lipinski definition) is 3. The number of carbonyl (C=O) groups excluding carboxylic acids is 4. The van der Waals surface area contributed by atoms with E-state index in [2.05, 4.69) is 29.2 Å². The quantitative estimate of drug-likeness (QED) is 0.127. The van der Waals surface area contributed by atoms with Crippen LogP contribution in [0.2, 0.25) is 0 Å². The maximum Gasteiger partial charge on any atom is 0.259 e. The highest BCUT2D eigenvalue weighted by Crippen LogP contribution is 2.48. The molecule has 4 fully saturated rings. The summed E-state index contributed by atoms with van der Waals surface area (Å²) in [5.41, 5.74) is 2.55. The first-order valence-corrected chi connectivity index (χ1v) is 27.0. The van der Waals surface area contributed by atoms with Crippen LogP contribution in [0.25, 0.3) is 21.6 Å². The fraction of sp³-hybridized carbons (Fsp3) is 0.538. The average molecular weight is 996 g/mol. The van der Waals surface area contributed by atoms with Crippen LogP contribution in [0.3, 0.4) is 0 Å². The summed E-state index contributed by atoms with van der Waals surface area (Å²) in [4.78, 5) is 71.6. The van der Waals surface area contributed by atoms with E-state index in [1.807, 2.05) is 62.6 Å². The number of ether oxygens (including phenoxy) is 3. The van der Waals surface area contributed by atoms with Crippen molar-refractivity contribution < 1.29 is 41.8 Å². The number of allylic oxidation sites excluding steroid dienone is 1. The van der Waals surface area contributed by atoms with Crippen LogP contribution in [0.1, 0.15) is 120 Å². The van der Waals surface area contributed by atoms with Gasteiger partial charge < -0.3 is 34.6 Å². The number of aryl methyl sites for hydroxylation is 1. The molecule has 4 aromatic rings. The molecule has 374 valence electrons. The number of aromatic nitrogens is 2. The van der Waals surface area contributed by atoms with Gasteiger partial charge in [-0.25, -0.2) is 18.4 Å². The number of thiazole rings is 1. The summed E-state index contributed by atoms with van der Waals surface area (Å²) >= 11 is 1.49. The Morgan fingerprint density at radius 2 is 1.77 bits per heavy atom. The second-order valence-corrected chi connectivity index (χ2v) is 23.5. The predicted octanol–water partition coefficient (Wildman–Crippen LogP) is 7.27. The van der Waals surface area contributed by atoms with E-state index < -0.39 is 56.2 Å². The highest BCUT2D eigenvalue weighted by Gasteiger charge is 2.63. The van der Waals surface area contributed by atoms with E-state index >= 15 is 4.79 Å². The molecule has 0 unspecified atom stereocenters. The Morgan fingerprint density at radius 3 is 2.49 bits per heavy atom. The maximum atomic E-state index is 15.3. The van der Waals surface area contributed by atoms with Gasteiger partial charge in [-0.15, -0.1) is 11.3 Å². The average Bonchev–Trinajstić information content (AvgIpc) is 4.10. The zero-order valence-electron chi connectivity index (χ0n) is 41.1. The van der Waals surface area contributed by atoms with Gasteiger partial charge in [0.05, 0.1) is 41.8 Å². The van der Waals surface area contributed by atoms with Crippen molar-refractivity contribution in [1.29, 1.82) is 0 Å². The summed E-state index contributed by atoms with van der Waals surface area (Å²) in [6, 6.07) is 10.9. The Morgan fingerprint density at radius 1 is 1.00 bits per heavy atom. The lowest BCUT2D eigenvalue weighted by Crippen LogP contribution is -2.58. The van der Waals surface area contributed by atoms with E-state index in [1.165, 1.54) is 16.2 Å². The molecule has 9 rings (SSSR count). The standard InChI is InChI=1S/C52H65N7O9S2/c1-30(2)41-29-69-47(55-41)40-24-44(38-18-19-43(66-7)33(5)45(38)54-40)68-37-23-42-46(60)56-52(50(63)57-70(64,65)51(6)20-21-51)25-35(52)15-11-9-8-10-12-17-39(49(62)59(42)28-37)53-36-16-13-14-34(22-36)48(61)58-26-31(3)67-32(4)27-58/h11,13-16,18-19,22,24,29-32,35,37,39,42,53H,8-10,12,17,20-21,23,25-28H2,1-7H3,(H,56,60)(H,57,63)/b15-11-/t31-,32+,35-,37-,39+,42+,52-/m1/s1. The minimum atomic E-state index is -4.02. The Balaban J connectivity index is 1.06. The normalized spacial score (nSPS) is 27.4. The van der Waals surface area contributed by atoms with Crippen LogP contribution in [-0.2, 0) is 29.1 Å². The third kappa shape index (κ3) is 10.0. The highest BCUT2D eigenvalue weighted by atomic mass is 32.2. The summed E-state index contributed by atoms with van der Waals surface area (Å²) in [5.74, 6) is -0.920. The molecule has 2 aliphatic carbocycles.